The third-order valence-corrected chi connectivity index (χ3v) is 3.62. The van der Waals surface area contributed by atoms with Gasteiger partial charge >= 0.3 is 0 Å². The summed E-state index contributed by atoms with van der Waals surface area (Å²) in [5, 5.41) is 4.20. The van der Waals surface area contributed by atoms with Crippen molar-refractivity contribution in [3.05, 3.63) is 35.6 Å². The minimum Gasteiger partial charge on any atom is -0.329 e. The average Bonchev–Trinajstić information content (AvgIpc) is 2.67. The number of amides is 1. The van der Waals surface area contributed by atoms with Gasteiger partial charge in [-0.05, 0) is 30.0 Å². The maximum atomic E-state index is 11.2. The number of hydrogen-bond donors (Lipinski definition) is 1. The highest BCUT2D eigenvalue weighted by Gasteiger charge is 2.09. The molecule has 0 atom stereocenters. The number of aryl methyl sites for hydroxylation is 1. The first-order chi connectivity index (χ1) is 8.56. The van der Waals surface area contributed by atoms with E-state index in [1.165, 1.54) is 18.7 Å². The number of aromatic nitrogens is 2. The average molecular weight is 282 g/mol. The molecule has 0 unspecified atom stereocenters. The van der Waals surface area contributed by atoms with Crippen LogP contribution in [-0.4, -0.2) is 15.5 Å². The summed E-state index contributed by atoms with van der Waals surface area (Å²) < 4.78 is 1.91. The molecule has 2 aromatic rings. The number of carbonyl (C=O) groups excluding carboxylic acids is 1. The van der Waals surface area contributed by atoms with Crippen molar-refractivity contribution in [2.75, 3.05) is 5.32 Å². The molecule has 0 aliphatic rings. The van der Waals surface area contributed by atoms with Gasteiger partial charge in [-0.15, -0.1) is 0 Å². The minimum atomic E-state index is -0.126. The largest absolute Gasteiger partial charge is 0.329 e. The van der Waals surface area contributed by atoms with Gasteiger partial charge in [0.05, 0.1) is 5.69 Å². The van der Waals surface area contributed by atoms with Crippen molar-refractivity contribution in [2.24, 2.45) is 7.05 Å². The van der Waals surface area contributed by atoms with Gasteiger partial charge in [-0.2, -0.15) is 0 Å². The van der Waals surface area contributed by atoms with E-state index in [9.17, 15) is 4.79 Å². The summed E-state index contributed by atoms with van der Waals surface area (Å²) in [7, 11) is 1.92. The van der Waals surface area contributed by atoms with Crippen LogP contribution in [0.3, 0.4) is 0 Å². The van der Waals surface area contributed by atoms with Crippen molar-refractivity contribution in [3.63, 3.8) is 0 Å². The number of carbonyl (C=O) groups is 1. The van der Waals surface area contributed by atoms with E-state index in [2.05, 4.69) is 10.3 Å². The van der Waals surface area contributed by atoms with E-state index in [0.717, 1.165) is 10.1 Å². The Morgan fingerprint density at radius 3 is 2.89 bits per heavy atom. The van der Waals surface area contributed by atoms with Crippen molar-refractivity contribution in [1.29, 1.82) is 0 Å². The molecule has 1 N–H and O–H groups in total. The maximum absolute atomic E-state index is 11.2. The molecule has 0 spiro atoms. The van der Waals surface area contributed by atoms with Gasteiger partial charge in [-0.25, -0.2) is 4.98 Å². The zero-order valence-electron chi connectivity index (χ0n) is 9.98. The van der Waals surface area contributed by atoms with Crippen LogP contribution in [0.25, 0.3) is 0 Å². The van der Waals surface area contributed by atoms with Gasteiger partial charge in [0.15, 0.2) is 5.16 Å². The topological polar surface area (TPSA) is 46.9 Å². The molecular formula is C12H12ClN3OS. The number of benzene rings is 1. The molecular weight excluding hydrogens is 270 g/mol. The molecule has 1 heterocycles. The lowest BCUT2D eigenvalue weighted by atomic mass is 10.3. The van der Waals surface area contributed by atoms with E-state index >= 15 is 0 Å². The Hall–Kier alpha value is -1.46. The Labute approximate surface area is 114 Å². The number of imidazole rings is 1. The fourth-order valence-corrected chi connectivity index (χ4v) is 2.47. The van der Waals surface area contributed by atoms with E-state index < -0.39 is 0 Å². The molecule has 18 heavy (non-hydrogen) atoms. The second-order valence-corrected chi connectivity index (χ2v) is 5.19. The summed E-state index contributed by atoms with van der Waals surface area (Å²) in [6.45, 7) is 1.47. The molecule has 0 saturated carbocycles. The molecule has 1 amide bonds. The number of hydrogen-bond acceptors (Lipinski definition) is 3. The van der Waals surface area contributed by atoms with Gasteiger partial charge in [0, 0.05) is 36.3 Å². The Bertz CT molecular complexity index is 582. The Kier molecular flexibility index (Phi) is 3.93. The van der Waals surface area contributed by atoms with Crippen LogP contribution in [0.4, 0.5) is 5.69 Å². The number of anilines is 1. The minimum absolute atomic E-state index is 0.126. The van der Waals surface area contributed by atoms with Gasteiger partial charge in [-0.1, -0.05) is 11.6 Å². The van der Waals surface area contributed by atoms with Crippen LogP contribution in [0.5, 0.6) is 0 Å². The second kappa shape index (κ2) is 5.46. The van der Waals surface area contributed by atoms with E-state index in [1.54, 1.807) is 18.3 Å². The third-order valence-electron chi connectivity index (χ3n) is 2.23. The predicted octanol–water partition coefficient (Wildman–Crippen LogP) is 3.18. The van der Waals surface area contributed by atoms with E-state index in [0.29, 0.717) is 10.7 Å². The van der Waals surface area contributed by atoms with Crippen molar-refractivity contribution < 1.29 is 4.79 Å². The fraction of sp³-hybridized carbons (Fsp3) is 0.167. The zero-order chi connectivity index (χ0) is 13.1. The molecule has 6 heteroatoms. The quantitative estimate of drug-likeness (QED) is 0.940. The van der Waals surface area contributed by atoms with Crippen LogP contribution < -0.4 is 5.32 Å². The van der Waals surface area contributed by atoms with Crippen molar-refractivity contribution in [1.82, 2.24) is 9.55 Å². The highest BCUT2D eigenvalue weighted by Crippen LogP contribution is 2.34. The number of halogens is 1. The standard InChI is InChI=1S/C12H12ClN3OS/c1-8(17)15-10-7-9(13)3-4-11(10)18-12-14-5-6-16(12)2/h3-7H,1-2H3,(H,15,17). The Morgan fingerprint density at radius 2 is 2.28 bits per heavy atom. The van der Waals surface area contributed by atoms with Gasteiger partial charge < -0.3 is 9.88 Å². The first-order valence-corrected chi connectivity index (χ1v) is 6.48. The molecule has 0 radical (unpaired) electrons. The van der Waals surface area contributed by atoms with Crippen LogP contribution in [-0.2, 0) is 11.8 Å². The van der Waals surface area contributed by atoms with E-state index in [4.69, 9.17) is 11.6 Å². The molecule has 4 nitrogen and oxygen atoms in total. The molecule has 2 rings (SSSR count). The molecule has 0 aliphatic heterocycles. The molecule has 0 bridgehead atoms. The van der Waals surface area contributed by atoms with Gasteiger partial charge in [-0.3, -0.25) is 4.79 Å². The first-order valence-electron chi connectivity index (χ1n) is 5.28. The van der Waals surface area contributed by atoms with E-state index in [1.807, 2.05) is 23.9 Å². The van der Waals surface area contributed by atoms with Crippen LogP contribution in [0, 0.1) is 0 Å². The smallest absolute Gasteiger partial charge is 0.221 e. The van der Waals surface area contributed by atoms with Crippen LogP contribution in [0.15, 0.2) is 40.6 Å². The Morgan fingerprint density at radius 1 is 1.50 bits per heavy atom. The summed E-state index contributed by atoms with van der Waals surface area (Å²) in [5.74, 6) is -0.126. The summed E-state index contributed by atoms with van der Waals surface area (Å²) >= 11 is 7.41. The number of nitrogens with zero attached hydrogens (tertiary/aromatic N) is 2. The van der Waals surface area contributed by atoms with Crippen molar-refractivity contribution in [3.8, 4) is 0 Å². The van der Waals surface area contributed by atoms with Crippen molar-refractivity contribution in [2.45, 2.75) is 17.0 Å². The SMILES string of the molecule is CC(=O)Nc1cc(Cl)ccc1Sc1nccn1C. The third kappa shape index (κ3) is 3.05. The maximum Gasteiger partial charge on any atom is 0.221 e. The zero-order valence-corrected chi connectivity index (χ0v) is 11.5. The predicted molar refractivity (Wildman–Crippen MR) is 73.1 cm³/mol. The van der Waals surface area contributed by atoms with Crippen LogP contribution >= 0.6 is 23.4 Å². The van der Waals surface area contributed by atoms with Crippen molar-refractivity contribution >= 4 is 35.0 Å². The molecule has 94 valence electrons. The lowest BCUT2D eigenvalue weighted by Gasteiger charge is -2.09. The van der Waals surface area contributed by atoms with Crippen LogP contribution in [0.2, 0.25) is 5.02 Å². The molecule has 0 fully saturated rings. The lowest BCUT2D eigenvalue weighted by molar-refractivity contribution is -0.114. The van der Waals surface area contributed by atoms with Gasteiger partial charge in [0.1, 0.15) is 0 Å². The Balaban J connectivity index is 2.32. The van der Waals surface area contributed by atoms with Gasteiger partial charge in [0.2, 0.25) is 5.91 Å². The monoisotopic (exact) mass is 281 g/mol. The lowest BCUT2D eigenvalue weighted by Crippen LogP contribution is -2.06. The normalized spacial score (nSPS) is 10.4. The molecule has 0 saturated heterocycles. The van der Waals surface area contributed by atoms with E-state index in [-0.39, 0.29) is 5.91 Å². The summed E-state index contributed by atoms with van der Waals surface area (Å²) in [6.07, 6.45) is 3.60. The summed E-state index contributed by atoms with van der Waals surface area (Å²) in [5.41, 5.74) is 0.697. The second-order valence-electron chi connectivity index (χ2n) is 3.74. The number of rotatable bonds is 3. The first kappa shape index (κ1) is 13.0. The summed E-state index contributed by atoms with van der Waals surface area (Å²) in [6, 6.07) is 5.39. The summed E-state index contributed by atoms with van der Waals surface area (Å²) in [4.78, 5) is 16.3. The number of nitrogens with one attached hydrogen (secondary N) is 1. The molecule has 1 aromatic carbocycles. The molecule has 1 aromatic heterocycles. The highest BCUT2D eigenvalue weighted by atomic mass is 35.5. The highest BCUT2D eigenvalue weighted by molar-refractivity contribution is 7.99. The van der Waals surface area contributed by atoms with Gasteiger partial charge in [0.25, 0.3) is 0 Å². The fourth-order valence-electron chi connectivity index (χ4n) is 1.43. The molecule has 0 aliphatic carbocycles. The van der Waals surface area contributed by atoms with Crippen LogP contribution in [0.1, 0.15) is 6.92 Å².